The molecule has 0 saturated carbocycles. The highest BCUT2D eigenvalue weighted by Crippen LogP contribution is 2.28. The standard InChI is InChI=1S/C16H15ClO4/c1-20-16(19)10-21-15-7-6-13(17)9-12(15)8-11-4-2-3-5-14(11)18/h2-7,9,18H,8,10H2,1H3. The predicted molar refractivity (Wildman–Crippen MR) is 79.9 cm³/mol. The van der Waals surface area contributed by atoms with Gasteiger partial charge in [-0.1, -0.05) is 29.8 Å². The number of halogens is 1. The first-order chi connectivity index (χ1) is 10.1. The molecule has 0 atom stereocenters. The van der Waals surface area contributed by atoms with Crippen molar-refractivity contribution in [3.63, 3.8) is 0 Å². The molecule has 21 heavy (non-hydrogen) atoms. The fourth-order valence-electron chi connectivity index (χ4n) is 1.89. The molecule has 0 aromatic heterocycles. The predicted octanol–water partition coefficient (Wildman–Crippen LogP) is 3.19. The van der Waals surface area contributed by atoms with Gasteiger partial charge in [-0.25, -0.2) is 4.79 Å². The molecule has 0 unspecified atom stereocenters. The first-order valence-corrected chi connectivity index (χ1v) is 6.73. The molecule has 0 radical (unpaired) electrons. The third-order valence-electron chi connectivity index (χ3n) is 2.97. The molecular formula is C16H15ClO4. The Morgan fingerprint density at radius 2 is 1.95 bits per heavy atom. The van der Waals surface area contributed by atoms with Gasteiger partial charge in [0.05, 0.1) is 7.11 Å². The molecule has 0 saturated heterocycles. The quantitative estimate of drug-likeness (QED) is 0.862. The molecular weight excluding hydrogens is 292 g/mol. The van der Waals surface area contributed by atoms with Crippen molar-refractivity contribution in [3.8, 4) is 11.5 Å². The monoisotopic (exact) mass is 306 g/mol. The number of carbonyl (C=O) groups excluding carboxylic acids is 1. The lowest BCUT2D eigenvalue weighted by atomic mass is 10.0. The highest BCUT2D eigenvalue weighted by Gasteiger charge is 2.10. The van der Waals surface area contributed by atoms with Gasteiger partial charge < -0.3 is 14.6 Å². The van der Waals surface area contributed by atoms with E-state index in [1.807, 2.05) is 12.1 Å². The van der Waals surface area contributed by atoms with Crippen LogP contribution in [0.25, 0.3) is 0 Å². The van der Waals surface area contributed by atoms with Crippen LogP contribution < -0.4 is 4.74 Å². The van der Waals surface area contributed by atoms with Gasteiger partial charge in [0.15, 0.2) is 6.61 Å². The number of carbonyl (C=O) groups is 1. The summed E-state index contributed by atoms with van der Waals surface area (Å²) >= 11 is 6.00. The van der Waals surface area contributed by atoms with Crippen LogP contribution >= 0.6 is 11.6 Å². The van der Waals surface area contributed by atoms with Crippen molar-refractivity contribution in [2.45, 2.75) is 6.42 Å². The normalized spacial score (nSPS) is 10.2. The molecule has 2 aromatic rings. The van der Waals surface area contributed by atoms with Crippen molar-refractivity contribution < 1.29 is 19.4 Å². The van der Waals surface area contributed by atoms with E-state index in [0.717, 1.165) is 11.1 Å². The van der Waals surface area contributed by atoms with Crippen LogP contribution in [0.1, 0.15) is 11.1 Å². The van der Waals surface area contributed by atoms with Gasteiger partial charge in [-0.2, -0.15) is 0 Å². The average molecular weight is 307 g/mol. The van der Waals surface area contributed by atoms with Crippen molar-refractivity contribution >= 4 is 17.6 Å². The molecule has 110 valence electrons. The Kier molecular flexibility index (Phi) is 5.06. The molecule has 0 aliphatic heterocycles. The smallest absolute Gasteiger partial charge is 0.343 e. The topological polar surface area (TPSA) is 55.8 Å². The van der Waals surface area contributed by atoms with E-state index in [-0.39, 0.29) is 12.4 Å². The average Bonchev–Trinajstić information content (AvgIpc) is 2.48. The number of aromatic hydroxyl groups is 1. The van der Waals surface area contributed by atoms with Gasteiger partial charge in [0.25, 0.3) is 0 Å². The fourth-order valence-corrected chi connectivity index (χ4v) is 2.08. The van der Waals surface area contributed by atoms with Gasteiger partial charge in [0.2, 0.25) is 0 Å². The SMILES string of the molecule is COC(=O)COc1ccc(Cl)cc1Cc1ccccc1O. The van der Waals surface area contributed by atoms with E-state index in [9.17, 15) is 9.90 Å². The number of hydrogen-bond donors (Lipinski definition) is 1. The molecule has 2 rings (SSSR count). The third-order valence-corrected chi connectivity index (χ3v) is 3.20. The van der Waals surface area contributed by atoms with Gasteiger partial charge in [0, 0.05) is 17.0 Å². The van der Waals surface area contributed by atoms with Crippen LogP contribution in [-0.2, 0) is 16.0 Å². The van der Waals surface area contributed by atoms with E-state index in [4.69, 9.17) is 16.3 Å². The summed E-state index contributed by atoms with van der Waals surface area (Å²) < 4.78 is 9.99. The van der Waals surface area contributed by atoms with Gasteiger partial charge in [0.1, 0.15) is 11.5 Å². The lowest BCUT2D eigenvalue weighted by Crippen LogP contribution is -2.13. The second kappa shape index (κ2) is 6.99. The molecule has 0 amide bonds. The fraction of sp³-hybridized carbons (Fsp3) is 0.188. The molecule has 0 aliphatic carbocycles. The van der Waals surface area contributed by atoms with Crippen LogP contribution in [0, 0.1) is 0 Å². The molecule has 0 spiro atoms. The zero-order valence-electron chi connectivity index (χ0n) is 11.5. The van der Waals surface area contributed by atoms with E-state index >= 15 is 0 Å². The van der Waals surface area contributed by atoms with Crippen molar-refractivity contribution in [1.29, 1.82) is 0 Å². The zero-order valence-corrected chi connectivity index (χ0v) is 12.3. The van der Waals surface area contributed by atoms with Crippen molar-refractivity contribution in [1.82, 2.24) is 0 Å². The van der Waals surface area contributed by atoms with E-state index in [1.54, 1.807) is 30.3 Å². The summed E-state index contributed by atoms with van der Waals surface area (Å²) in [7, 11) is 1.30. The van der Waals surface area contributed by atoms with Crippen LogP contribution in [0.15, 0.2) is 42.5 Å². The molecule has 2 aromatic carbocycles. The maximum atomic E-state index is 11.2. The Morgan fingerprint density at radius 1 is 1.19 bits per heavy atom. The van der Waals surface area contributed by atoms with E-state index in [1.165, 1.54) is 7.11 Å². The Morgan fingerprint density at radius 3 is 2.67 bits per heavy atom. The lowest BCUT2D eigenvalue weighted by Gasteiger charge is -2.12. The minimum absolute atomic E-state index is 0.175. The van der Waals surface area contributed by atoms with Gasteiger partial charge >= 0.3 is 5.97 Å². The summed E-state index contributed by atoms with van der Waals surface area (Å²) in [5.41, 5.74) is 1.54. The van der Waals surface area contributed by atoms with Gasteiger partial charge in [-0.3, -0.25) is 0 Å². The second-order valence-corrected chi connectivity index (χ2v) is 4.86. The minimum atomic E-state index is -0.460. The maximum Gasteiger partial charge on any atom is 0.343 e. The first kappa shape index (κ1) is 15.2. The third kappa shape index (κ3) is 4.13. The second-order valence-electron chi connectivity index (χ2n) is 4.42. The molecule has 0 aliphatic rings. The number of hydrogen-bond acceptors (Lipinski definition) is 4. The number of phenolic OH excluding ortho intramolecular Hbond substituents is 1. The number of benzene rings is 2. The Bertz CT molecular complexity index is 640. The number of phenols is 1. The van der Waals surface area contributed by atoms with E-state index in [2.05, 4.69) is 4.74 Å². The number of ether oxygens (including phenoxy) is 2. The largest absolute Gasteiger partial charge is 0.508 e. The summed E-state index contributed by atoms with van der Waals surface area (Å²) in [5.74, 6) is 0.280. The van der Waals surface area contributed by atoms with Crippen LogP contribution in [0.4, 0.5) is 0 Å². The van der Waals surface area contributed by atoms with Crippen LogP contribution in [0.2, 0.25) is 5.02 Å². The molecule has 0 fully saturated rings. The number of esters is 1. The zero-order chi connectivity index (χ0) is 15.2. The Hall–Kier alpha value is -2.20. The molecule has 0 heterocycles. The highest BCUT2D eigenvalue weighted by atomic mass is 35.5. The van der Waals surface area contributed by atoms with E-state index < -0.39 is 5.97 Å². The summed E-state index contributed by atoms with van der Waals surface area (Å²) in [6, 6.07) is 12.2. The van der Waals surface area contributed by atoms with Crippen LogP contribution in [-0.4, -0.2) is 24.8 Å². The van der Waals surface area contributed by atoms with Crippen LogP contribution in [0.5, 0.6) is 11.5 Å². The summed E-state index contributed by atoms with van der Waals surface area (Å²) in [5, 5.41) is 10.4. The highest BCUT2D eigenvalue weighted by molar-refractivity contribution is 6.30. The number of para-hydroxylation sites is 1. The molecule has 4 nitrogen and oxygen atoms in total. The van der Waals surface area contributed by atoms with Crippen molar-refractivity contribution in [2.75, 3.05) is 13.7 Å². The summed E-state index contributed by atoms with van der Waals surface area (Å²) in [6.45, 7) is -0.175. The van der Waals surface area contributed by atoms with E-state index in [0.29, 0.717) is 17.2 Å². The molecule has 1 N–H and O–H groups in total. The van der Waals surface area contributed by atoms with Crippen molar-refractivity contribution in [2.24, 2.45) is 0 Å². The number of methoxy groups -OCH3 is 1. The first-order valence-electron chi connectivity index (χ1n) is 6.35. The maximum absolute atomic E-state index is 11.2. The molecule has 0 bridgehead atoms. The Labute approximate surface area is 127 Å². The lowest BCUT2D eigenvalue weighted by molar-refractivity contribution is -0.142. The van der Waals surface area contributed by atoms with Gasteiger partial charge in [-0.05, 0) is 29.8 Å². The molecule has 5 heteroatoms. The van der Waals surface area contributed by atoms with Crippen molar-refractivity contribution in [3.05, 3.63) is 58.6 Å². The Balaban J connectivity index is 2.23. The summed E-state index contributed by atoms with van der Waals surface area (Å²) in [4.78, 5) is 11.2. The number of rotatable bonds is 5. The van der Waals surface area contributed by atoms with Gasteiger partial charge in [-0.15, -0.1) is 0 Å². The summed E-state index contributed by atoms with van der Waals surface area (Å²) in [6.07, 6.45) is 0.448. The minimum Gasteiger partial charge on any atom is -0.508 e. The van der Waals surface area contributed by atoms with Crippen LogP contribution in [0.3, 0.4) is 0 Å².